The number of rotatable bonds is 6. The number of aliphatic carboxylic acids is 1. The van der Waals surface area contributed by atoms with E-state index in [1.807, 2.05) is 0 Å². The highest BCUT2D eigenvalue weighted by molar-refractivity contribution is 7.89. The average Bonchev–Trinajstić information content (AvgIpc) is 2.46. The Morgan fingerprint density at radius 2 is 2.05 bits per heavy atom. The third-order valence-corrected chi connectivity index (χ3v) is 5.10. The summed E-state index contributed by atoms with van der Waals surface area (Å²) in [7, 11) is -3.80. The molecule has 22 heavy (non-hydrogen) atoms. The van der Waals surface area contributed by atoms with Crippen LogP contribution in [0.3, 0.4) is 0 Å². The van der Waals surface area contributed by atoms with Crippen molar-refractivity contribution in [3.63, 3.8) is 0 Å². The zero-order valence-corrected chi connectivity index (χ0v) is 12.7. The smallest absolute Gasteiger partial charge is 0.325 e. The Balaban J connectivity index is 2.04. The number of aryl methyl sites for hydroxylation is 1. The minimum absolute atomic E-state index is 0.0848. The summed E-state index contributed by atoms with van der Waals surface area (Å²) >= 11 is 0. The van der Waals surface area contributed by atoms with E-state index in [-0.39, 0.29) is 38.2 Å². The second-order valence-electron chi connectivity index (χ2n) is 5.30. The van der Waals surface area contributed by atoms with Crippen LogP contribution in [0.5, 0.6) is 0 Å². The summed E-state index contributed by atoms with van der Waals surface area (Å²) in [6.45, 7) is 0.386. The predicted molar refractivity (Wildman–Crippen MR) is 77.4 cm³/mol. The zero-order chi connectivity index (χ0) is 16.2. The fraction of sp³-hybridized carbons (Fsp3) is 0.500. The molecular weight excluding hydrogens is 313 g/mol. The van der Waals surface area contributed by atoms with E-state index in [2.05, 4.69) is 4.72 Å². The second kappa shape index (κ2) is 6.72. The van der Waals surface area contributed by atoms with Gasteiger partial charge in [-0.1, -0.05) is 12.1 Å². The van der Waals surface area contributed by atoms with Crippen LogP contribution in [0.1, 0.15) is 18.4 Å². The van der Waals surface area contributed by atoms with E-state index in [0.717, 1.165) is 0 Å². The monoisotopic (exact) mass is 331 g/mol. The van der Waals surface area contributed by atoms with Crippen molar-refractivity contribution in [2.75, 3.05) is 19.0 Å². The summed E-state index contributed by atoms with van der Waals surface area (Å²) < 4.78 is 44.8. The van der Waals surface area contributed by atoms with Gasteiger partial charge in [-0.25, -0.2) is 12.8 Å². The van der Waals surface area contributed by atoms with E-state index in [9.17, 15) is 22.7 Å². The Hall–Kier alpha value is -1.51. The number of hydrogen-bond donors (Lipinski definition) is 2. The van der Waals surface area contributed by atoms with Crippen molar-refractivity contribution in [1.29, 1.82) is 0 Å². The van der Waals surface area contributed by atoms with Gasteiger partial charge >= 0.3 is 5.97 Å². The van der Waals surface area contributed by atoms with Gasteiger partial charge in [-0.15, -0.1) is 0 Å². The van der Waals surface area contributed by atoms with E-state index in [1.54, 1.807) is 6.07 Å². The van der Waals surface area contributed by atoms with Crippen LogP contribution in [-0.2, 0) is 26.0 Å². The quantitative estimate of drug-likeness (QED) is 0.809. The van der Waals surface area contributed by atoms with Crippen LogP contribution in [0.25, 0.3) is 0 Å². The molecule has 8 heteroatoms. The summed E-state index contributed by atoms with van der Waals surface area (Å²) in [4.78, 5) is 11.4. The number of benzene rings is 1. The fourth-order valence-electron chi connectivity index (χ4n) is 2.37. The first kappa shape index (κ1) is 16.9. The Morgan fingerprint density at radius 3 is 2.64 bits per heavy atom. The molecule has 6 nitrogen and oxygen atoms in total. The number of nitrogens with one attached hydrogen (secondary N) is 1. The SMILES string of the molecule is O=C(O)C1(NS(=O)(=O)CCc2cccc(F)c2)CCOCC1. The van der Waals surface area contributed by atoms with Crippen molar-refractivity contribution in [3.8, 4) is 0 Å². The lowest BCUT2D eigenvalue weighted by Crippen LogP contribution is -2.57. The molecule has 1 fully saturated rings. The first-order chi connectivity index (χ1) is 10.3. The molecule has 1 saturated heterocycles. The van der Waals surface area contributed by atoms with E-state index in [0.29, 0.717) is 5.56 Å². The maximum atomic E-state index is 13.1. The van der Waals surface area contributed by atoms with Crippen molar-refractivity contribution >= 4 is 16.0 Å². The third-order valence-electron chi connectivity index (χ3n) is 3.66. The molecule has 0 unspecified atom stereocenters. The Bertz CT molecular complexity index is 640. The van der Waals surface area contributed by atoms with Crippen LogP contribution in [-0.4, -0.2) is 44.0 Å². The number of halogens is 1. The van der Waals surface area contributed by atoms with Gasteiger partial charge in [0, 0.05) is 26.1 Å². The number of ether oxygens (including phenoxy) is 1. The number of carboxylic acids is 1. The van der Waals surface area contributed by atoms with Gasteiger partial charge in [0.1, 0.15) is 11.4 Å². The van der Waals surface area contributed by atoms with Crippen LogP contribution < -0.4 is 4.72 Å². The molecule has 1 aromatic rings. The van der Waals surface area contributed by atoms with E-state index in [4.69, 9.17) is 4.74 Å². The van der Waals surface area contributed by atoms with Gasteiger partial charge in [0.15, 0.2) is 0 Å². The molecule has 0 atom stereocenters. The lowest BCUT2D eigenvalue weighted by molar-refractivity contribution is -0.147. The number of carbonyl (C=O) groups is 1. The Morgan fingerprint density at radius 1 is 1.36 bits per heavy atom. The standard InChI is InChI=1S/C14H18FNO5S/c15-12-3-1-2-11(10-12)4-9-22(19,20)16-14(13(17)18)5-7-21-8-6-14/h1-3,10,16H,4-9H2,(H,17,18). The minimum atomic E-state index is -3.80. The largest absolute Gasteiger partial charge is 0.480 e. The van der Waals surface area contributed by atoms with Gasteiger partial charge in [-0.2, -0.15) is 4.72 Å². The van der Waals surface area contributed by atoms with Crippen LogP contribution in [0, 0.1) is 5.82 Å². The predicted octanol–water partition coefficient (Wildman–Crippen LogP) is 0.921. The molecule has 0 radical (unpaired) electrons. The highest BCUT2D eigenvalue weighted by Crippen LogP contribution is 2.22. The van der Waals surface area contributed by atoms with E-state index >= 15 is 0 Å². The molecule has 0 saturated carbocycles. The Kier molecular flexibility index (Phi) is 5.15. The highest BCUT2D eigenvalue weighted by atomic mass is 32.2. The van der Waals surface area contributed by atoms with Crippen LogP contribution in [0.15, 0.2) is 24.3 Å². The van der Waals surface area contributed by atoms with E-state index < -0.39 is 27.3 Å². The molecule has 1 aliphatic heterocycles. The summed E-state index contributed by atoms with van der Waals surface area (Å²) in [6.07, 6.45) is 0.280. The minimum Gasteiger partial charge on any atom is -0.480 e. The second-order valence-corrected chi connectivity index (χ2v) is 7.14. The average molecular weight is 331 g/mol. The number of sulfonamides is 1. The van der Waals surface area contributed by atoms with Gasteiger partial charge in [-0.3, -0.25) is 4.79 Å². The molecule has 2 N–H and O–H groups in total. The van der Waals surface area contributed by atoms with Gasteiger partial charge in [0.2, 0.25) is 10.0 Å². The van der Waals surface area contributed by atoms with Crippen molar-refractivity contribution in [1.82, 2.24) is 4.72 Å². The molecule has 1 heterocycles. The summed E-state index contributed by atoms with van der Waals surface area (Å²) in [5.74, 6) is -1.94. The summed E-state index contributed by atoms with van der Waals surface area (Å²) in [5.41, 5.74) is -0.972. The molecule has 2 rings (SSSR count). The van der Waals surface area contributed by atoms with E-state index in [1.165, 1.54) is 18.2 Å². The molecule has 1 aliphatic rings. The van der Waals surface area contributed by atoms with Crippen molar-refractivity contribution in [2.45, 2.75) is 24.8 Å². The number of hydrogen-bond acceptors (Lipinski definition) is 4. The van der Waals surface area contributed by atoms with Gasteiger partial charge in [0.05, 0.1) is 5.75 Å². The van der Waals surface area contributed by atoms with Crippen LogP contribution in [0.4, 0.5) is 4.39 Å². The first-order valence-corrected chi connectivity index (χ1v) is 8.55. The maximum Gasteiger partial charge on any atom is 0.325 e. The Labute approximate surface area is 128 Å². The molecule has 122 valence electrons. The number of carboxylic acid groups (broad SMARTS) is 1. The molecular formula is C14H18FNO5S. The lowest BCUT2D eigenvalue weighted by atomic mass is 9.92. The lowest BCUT2D eigenvalue weighted by Gasteiger charge is -2.33. The highest BCUT2D eigenvalue weighted by Gasteiger charge is 2.43. The van der Waals surface area contributed by atoms with Crippen molar-refractivity contribution in [3.05, 3.63) is 35.6 Å². The van der Waals surface area contributed by atoms with Gasteiger partial charge in [-0.05, 0) is 24.1 Å². The summed E-state index contributed by atoms with van der Waals surface area (Å²) in [6, 6.07) is 5.66. The van der Waals surface area contributed by atoms with Gasteiger partial charge < -0.3 is 9.84 Å². The molecule has 0 spiro atoms. The summed E-state index contributed by atoms with van der Waals surface area (Å²) in [5, 5.41) is 9.34. The molecule has 0 aliphatic carbocycles. The molecule has 0 aromatic heterocycles. The maximum absolute atomic E-state index is 13.1. The first-order valence-electron chi connectivity index (χ1n) is 6.90. The van der Waals surface area contributed by atoms with Crippen LogP contribution >= 0.6 is 0 Å². The van der Waals surface area contributed by atoms with Gasteiger partial charge in [0.25, 0.3) is 0 Å². The van der Waals surface area contributed by atoms with Crippen LogP contribution in [0.2, 0.25) is 0 Å². The molecule has 1 aromatic carbocycles. The normalized spacial score (nSPS) is 18.0. The van der Waals surface area contributed by atoms with Crippen molar-refractivity contribution < 1.29 is 27.4 Å². The fourth-order valence-corrected chi connectivity index (χ4v) is 3.87. The molecule has 0 bridgehead atoms. The zero-order valence-electron chi connectivity index (χ0n) is 11.9. The third kappa shape index (κ3) is 4.25. The van der Waals surface area contributed by atoms with Crippen molar-refractivity contribution in [2.24, 2.45) is 0 Å². The molecule has 0 amide bonds. The topological polar surface area (TPSA) is 92.7 Å².